The van der Waals surface area contributed by atoms with E-state index >= 15 is 0 Å². The Kier molecular flexibility index (Phi) is 3.56. The molecule has 6 heteroatoms. The molecule has 2 aromatic carbocycles. The number of phenolic OH excluding ortho intramolecular Hbond substituents is 1. The number of anilines is 1. The van der Waals surface area contributed by atoms with E-state index in [0.29, 0.717) is 16.1 Å². The first-order valence-corrected chi connectivity index (χ1v) is 6.80. The van der Waals surface area contributed by atoms with Crippen LogP contribution >= 0.6 is 11.6 Å². The Morgan fingerprint density at radius 2 is 1.91 bits per heavy atom. The molecule has 0 spiro atoms. The molecule has 3 aromatic rings. The fourth-order valence-corrected chi connectivity index (χ4v) is 2.17. The van der Waals surface area contributed by atoms with E-state index in [1.54, 1.807) is 36.4 Å². The molecule has 5 nitrogen and oxygen atoms in total. The number of aromatic hydroxyl groups is 1. The Morgan fingerprint density at radius 3 is 2.64 bits per heavy atom. The lowest BCUT2D eigenvalue weighted by atomic mass is 10.1. The van der Waals surface area contributed by atoms with Crippen LogP contribution in [0.5, 0.6) is 5.75 Å². The molecule has 0 unspecified atom stereocenters. The number of fused-ring (bicyclic) bond motifs is 1. The van der Waals surface area contributed by atoms with Crippen molar-refractivity contribution < 1.29 is 14.3 Å². The third-order valence-electron chi connectivity index (χ3n) is 3.12. The molecule has 0 radical (unpaired) electrons. The largest absolute Gasteiger partial charge is 0.504 e. The summed E-state index contributed by atoms with van der Waals surface area (Å²) in [6.45, 7) is 0. The van der Waals surface area contributed by atoms with E-state index in [1.165, 1.54) is 12.1 Å². The van der Waals surface area contributed by atoms with Crippen LogP contribution in [0.3, 0.4) is 0 Å². The lowest BCUT2D eigenvalue weighted by molar-refractivity contribution is 0.102. The number of hydrogen-bond acceptors (Lipinski definition) is 4. The quantitative estimate of drug-likeness (QED) is 0.676. The van der Waals surface area contributed by atoms with Crippen LogP contribution in [0, 0.1) is 5.41 Å². The Hall–Kier alpha value is -2.79. The van der Waals surface area contributed by atoms with Crippen LogP contribution < -0.4 is 10.9 Å². The van der Waals surface area contributed by atoms with Crippen molar-refractivity contribution in [3.8, 4) is 5.75 Å². The number of nitrogens with one attached hydrogen (secondary N) is 2. The average Bonchev–Trinajstić information content (AvgIpc) is 2.50. The van der Waals surface area contributed by atoms with Crippen LogP contribution in [0.2, 0.25) is 5.02 Å². The average molecular weight is 315 g/mol. The number of amides is 1. The zero-order valence-corrected chi connectivity index (χ0v) is 12.0. The van der Waals surface area contributed by atoms with Crippen molar-refractivity contribution in [3.05, 3.63) is 64.7 Å². The van der Waals surface area contributed by atoms with Crippen molar-refractivity contribution in [2.45, 2.75) is 0 Å². The van der Waals surface area contributed by atoms with Crippen molar-refractivity contribution in [2.24, 2.45) is 0 Å². The van der Waals surface area contributed by atoms with Gasteiger partial charge in [0.2, 0.25) is 5.55 Å². The molecule has 0 aliphatic rings. The third-order valence-corrected chi connectivity index (χ3v) is 3.37. The lowest BCUT2D eigenvalue weighted by Gasteiger charge is -2.06. The number of para-hydroxylation sites is 1. The number of phenols is 1. The minimum atomic E-state index is -0.471. The van der Waals surface area contributed by atoms with Crippen LogP contribution in [0.4, 0.5) is 5.69 Å². The molecule has 1 aromatic heterocycles. The van der Waals surface area contributed by atoms with Crippen molar-refractivity contribution in [1.82, 2.24) is 0 Å². The van der Waals surface area contributed by atoms with Crippen molar-refractivity contribution in [1.29, 1.82) is 5.41 Å². The Labute approximate surface area is 130 Å². The molecule has 3 rings (SSSR count). The van der Waals surface area contributed by atoms with Crippen LogP contribution in [0.15, 0.2) is 52.9 Å². The summed E-state index contributed by atoms with van der Waals surface area (Å²) in [7, 11) is 0. The summed E-state index contributed by atoms with van der Waals surface area (Å²) in [5, 5.41) is 21.3. The molecule has 0 aliphatic carbocycles. The van der Waals surface area contributed by atoms with Gasteiger partial charge < -0.3 is 14.8 Å². The van der Waals surface area contributed by atoms with Crippen molar-refractivity contribution >= 4 is 34.2 Å². The van der Waals surface area contributed by atoms with Gasteiger partial charge in [-0.2, -0.15) is 0 Å². The van der Waals surface area contributed by atoms with Gasteiger partial charge in [-0.15, -0.1) is 0 Å². The van der Waals surface area contributed by atoms with Gasteiger partial charge in [-0.25, -0.2) is 0 Å². The molecule has 0 fully saturated rings. The van der Waals surface area contributed by atoms with Gasteiger partial charge in [0.15, 0.2) is 11.3 Å². The topological polar surface area (TPSA) is 86.3 Å². The fourth-order valence-electron chi connectivity index (χ4n) is 2.05. The van der Waals surface area contributed by atoms with Gasteiger partial charge in [-0.3, -0.25) is 10.2 Å². The molecule has 3 N–H and O–H groups in total. The normalized spacial score (nSPS) is 10.6. The standard InChI is InChI=1S/C16H11ClN2O3/c17-10-4-6-11(7-5-10)19-16(21)12-8-9-2-1-3-13(20)14(9)22-15(12)18/h1-8,18,20H,(H,19,21). The second-order valence-electron chi connectivity index (χ2n) is 4.65. The number of carbonyl (C=O) groups excluding carboxylic acids is 1. The number of carbonyl (C=O) groups is 1. The van der Waals surface area contributed by atoms with Gasteiger partial charge in [0.1, 0.15) is 5.56 Å². The first-order chi connectivity index (χ1) is 10.5. The third kappa shape index (κ3) is 2.66. The van der Waals surface area contributed by atoms with Crippen molar-refractivity contribution in [3.63, 3.8) is 0 Å². The smallest absolute Gasteiger partial charge is 0.261 e. The highest BCUT2D eigenvalue weighted by molar-refractivity contribution is 6.30. The summed E-state index contributed by atoms with van der Waals surface area (Å²) < 4.78 is 5.24. The van der Waals surface area contributed by atoms with E-state index < -0.39 is 5.91 Å². The molecule has 1 amide bonds. The highest BCUT2D eigenvalue weighted by Gasteiger charge is 2.13. The van der Waals surface area contributed by atoms with E-state index in [0.717, 1.165) is 0 Å². The fraction of sp³-hybridized carbons (Fsp3) is 0. The summed E-state index contributed by atoms with van der Waals surface area (Å²) in [6.07, 6.45) is 0. The Morgan fingerprint density at radius 1 is 1.18 bits per heavy atom. The molecule has 0 atom stereocenters. The second kappa shape index (κ2) is 5.54. The molecule has 0 aliphatic heterocycles. The minimum absolute atomic E-state index is 0.0735. The maximum absolute atomic E-state index is 12.3. The summed E-state index contributed by atoms with van der Waals surface area (Å²) in [5.41, 5.74) is 0.494. The SMILES string of the molecule is N=c1oc2c(O)cccc2cc1C(=O)Nc1ccc(Cl)cc1. The number of hydrogen-bond donors (Lipinski definition) is 3. The zero-order chi connectivity index (χ0) is 15.7. The van der Waals surface area contributed by atoms with Crippen LogP contribution in [0.25, 0.3) is 11.0 Å². The molecule has 110 valence electrons. The molecule has 22 heavy (non-hydrogen) atoms. The first kappa shape index (κ1) is 14.2. The molecule has 0 bridgehead atoms. The lowest BCUT2D eigenvalue weighted by Crippen LogP contribution is -2.20. The highest BCUT2D eigenvalue weighted by Crippen LogP contribution is 2.23. The summed E-state index contributed by atoms with van der Waals surface area (Å²) in [5.74, 6) is -0.544. The van der Waals surface area contributed by atoms with Crippen LogP contribution in [0.1, 0.15) is 10.4 Å². The van der Waals surface area contributed by atoms with Gasteiger partial charge in [-0.1, -0.05) is 23.7 Å². The van der Waals surface area contributed by atoms with Crippen LogP contribution in [-0.4, -0.2) is 11.0 Å². The summed E-state index contributed by atoms with van der Waals surface area (Å²) >= 11 is 5.79. The first-order valence-electron chi connectivity index (χ1n) is 6.42. The van der Waals surface area contributed by atoms with E-state index in [-0.39, 0.29) is 22.5 Å². The zero-order valence-electron chi connectivity index (χ0n) is 11.3. The van der Waals surface area contributed by atoms with Gasteiger partial charge in [0, 0.05) is 16.1 Å². The number of halogens is 1. The molecular weight excluding hydrogens is 304 g/mol. The van der Waals surface area contributed by atoms with E-state index in [9.17, 15) is 9.90 Å². The van der Waals surface area contributed by atoms with E-state index in [1.807, 2.05) is 0 Å². The van der Waals surface area contributed by atoms with Crippen LogP contribution in [-0.2, 0) is 0 Å². The van der Waals surface area contributed by atoms with E-state index in [4.69, 9.17) is 21.4 Å². The Bertz CT molecular complexity index is 917. The summed E-state index contributed by atoms with van der Waals surface area (Å²) in [6, 6.07) is 12.9. The minimum Gasteiger partial charge on any atom is -0.504 e. The predicted molar refractivity (Wildman–Crippen MR) is 83.1 cm³/mol. The second-order valence-corrected chi connectivity index (χ2v) is 5.08. The molecule has 0 saturated carbocycles. The van der Waals surface area contributed by atoms with E-state index in [2.05, 4.69) is 5.32 Å². The Balaban J connectivity index is 1.99. The number of rotatable bonds is 2. The van der Waals surface area contributed by atoms with Crippen molar-refractivity contribution in [2.75, 3.05) is 5.32 Å². The predicted octanol–water partition coefficient (Wildman–Crippen LogP) is 3.52. The van der Waals surface area contributed by atoms with Gasteiger partial charge in [-0.05, 0) is 36.4 Å². The highest BCUT2D eigenvalue weighted by atomic mass is 35.5. The monoisotopic (exact) mass is 314 g/mol. The maximum atomic E-state index is 12.3. The molecule has 0 saturated heterocycles. The summed E-state index contributed by atoms with van der Waals surface area (Å²) in [4.78, 5) is 12.3. The molecule has 1 heterocycles. The van der Waals surface area contributed by atoms with Gasteiger partial charge >= 0.3 is 0 Å². The van der Waals surface area contributed by atoms with Gasteiger partial charge in [0.05, 0.1) is 0 Å². The molecular formula is C16H11ClN2O3. The van der Waals surface area contributed by atoms with Gasteiger partial charge in [0.25, 0.3) is 5.91 Å². The maximum Gasteiger partial charge on any atom is 0.261 e. The number of benzene rings is 2.